The molecule has 3 nitrogen and oxygen atoms in total. The lowest BCUT2D eigenvalue weighted by molar-refractivity contribution is -0.0226. The van der Waals surface area contributed by atoms with E-state index in [2.05, 4.69) is 15.9 Å². The Morgan fingerprint density at radius 3 is 3.06 bits per heavy atom. The van der Waals surface area contributed by atoms with Gasteiger partial charge in [0.2, 0.25) is 0 Å². The van der Waals surface area contributed by atoms with Crippen LogP contribution in [0.15, 0.2) is 22.7 Å². The van der Waals surface area contributed by atoms with Gasteiger partial charge < -0.3 is 9.64 Å². The second-order valence-corrected chi connectivity index (χ2v) is 5.14. The van der Waals surface area contributed by atoms with Gasteiger partial charge in [-0.3, -0.25) is 4.79 Å². The number of hydrogen-bond donors (Lipinski definition) is 0. The van der Waals surface area contributed by atoms with E-state index in [9.17, 15) is 9.18 Å². The van der Waals surface area contributed by atoms with Crippen molar-refractivity contribution < 1.29 is 13.9 Å². The van der Waals surface area contributed by atoms with Crippen LogP contribution >= 0.6 is 15.9 Å². The molecule has 98 valence electrons. The molecule has 0 saturated carbocycles. The zero-order chi connectivity index (χ0) is 13.1. The normalized spacial score (nSPS) is 19.9. The minimum absolute atomic E-state index is 0.0861. The molecule has 1 amide bonds. The first-order valence-corrected chi connectivity index (χ1v) is 6.77. The smallest absolute Gasteiger partial charge is 0.254 e. The standard InChI is InChI=1S/C13H15BrFNO2/c1-2-10-8-16(5-6-18-10)13(17)9-3-4-11(14)12(15)7-9/h3-4,7,10H,2,5-6,8H2,1H3. The molecule has 1 aromatic carbocycles. The molecule has 1 unspecified atom stereocenters. The Labute approximate surface area is 114 Å². The largest absolute Gasteiger partial charge is 0.375 e. The summed E-state index contributed by atoms with van der Waals surface area (Å²) in [5, 5.41) is 0. The van der Waals surface area contributed by atoms with Gasteiger partial charge >= 0.3 is 0 Å². The fraction of sp³-hybridized carbons (Fsp3) is 0.462. The number of morpholine rings is 1. The molecule has 1 aromatic rings. The lowest BCUT2D eigenvalue weighted by Gasteiger charge is -2.32. The molecule has 0 bridgehead atoms. The van der Waals surface area contributed by atoms with Gasteiger partial charge in [0, 0.05) is 18.7 Å². The molecule has 0 aliphatic carbocycles. The predicted octanol–water partition coefficient (Wildman–Crippen LogP) is 2.84. The number of hydrogen-bond acceptors (Lipinski definition) is 2. The van der Waals surface area contributed by atoms with Gasteiger partial charge in [0.1, 0.15) is 5.82 Å². The van der Waals surface area contributed by atoms with E-state index in [-0.39, 0.29) is 12.0 Å². The number of benzene rings is 1. The number of rotatable bonds is 2. The van der Waals surface area contributed by atoms with Crippen LogP contribution in [0, 0.1) is 5.82 Å². The lowest BCUT2D eigenvalue weighted by atomic mass is 10.1. The highest BCUT2D eigenvalue weighted by atomic mass is 79.9. The van der Waals surface area contributed by atoms with Crippen molar-refractivity contribution in [2.75, 3.05) is 19.7 Å². The van der Waals surface area contributed by atoms with Gasteiger partial charge in [-0.1, -0.05) is 6.92 Å². The highest BCUT2D eigenvalue weighted by Crippen LogP contribution is 2.18. The van der Waals surface area contributed by atoms with Crippen molar-refractivity contribution in [3.05, 3.63) is 34.1 Å². The van der Waals surface area contributed by atoms with Crippen molar-refractivity contribution >= 4 is 21.8 Å². The van der Waals surface area contributed by atoms with Crippen molar-refractivity contribution in [1.29, 1.82) is 0 Å². The zero-order valence-electron chi connectivity index (χ0n) is 10.2. The maximum absolute atomic E-state index is 13.4. The average molecular weight is 316 g/mol. The molecule has 1 aliphatic heterocycles. The van der Waals surface area contributed by atoms with E-state index >= 15 is 0 Å². The summed E-state index contributed by atoms with van der Waals surface area (Å²) in [6, 6.07) is 4.45. The summed E-state index contributed by atoms with van der Waals surface area (Å²) >= 11 is 3.08. The van der Waals surface area contributed by atoms with Crippen LogP contribution in [0.4, 0.5) is 4.39 Å². The van der Waals surface area contributed by atoms with Gasteiger partial charge in [-0.2, -0.15) is 0 Å². The Bertz CT molecular complexity index is 453. The minimum atomic E-state index is -0.416. The number of halogens is 2. The molecule has 1 saturated heterocycles. The maximum Gasteiger partial charge on any atom is 0.254 e. The second kappa shape index (κ2) is 5.80. The molecular weight excluding hydrogens is 301 g/mol. The van der Waals surface area contributed by atoms with E-state index in [1.165, 1.54) is 6.07 Å². The van der Waals surface area contributed by atoms with Gasteiger partial charge in [0.05, 0.1) is 17.2 Å². The Morgan fingerprint density at radius 2 is 2.39 bits per heavy atom. The third kappa shape index (κ3) is 2.90. The third-order valence-electron chi connectivity index (χ3n) is 3.05. The number of amides is 1. The average Bonchev–Trinajstić information content (AvgIpc) is 2.41. The van der Waals surface area contributed by atoms with Crippen molar-refractivity contribution in [1.82, 2.24) is 4.90 Å². The molecule has 0 radical (unpaired) electrons. The van der Waals surface area contributed by atoms with Crippen molar-refractivity contribution in [2.24, 2.45) is 0 Å². The van der Waals surface area contributed by atoms with E-state index < -0.39 is 5.82 Å². The van der Waals surface area contributed by atoms with E-state index in [0.717, 1.165) is 6.42 Å². The summed E-state index contributed by atoms with van der Waals surface area (Å²) in [7, 11) is 0. The van der Waals surface area contributed by atoms with Crippen LogP contribution in [0.3, 0.4) is 0 Å². The molecule has 2 rings (SSSR count). The number of carbonyl (C=O) groups is 1. The van der Waals surface area contributed by atoms with E-state index in [1.807, 2.05) is 6.92 Å². The quantitative estimate of drug-likeness (QED) is 0.840. The van der Waals surface area contributed by atoms with Crippen LogP contribution in [-0.4, -0.2) is 36.6 Å². The molecule has 0 spiro atoms. The van der Waals surface area contributed by atoms with Crippen molar-refractivity contribution in [3.63, 3.8) is 0 Å². The summed E-state index contributed by atoms with van der Waals surface area (Å²) in [6.07, 6.45) is 0.960. The third-order valence-corrected chi connectivity index (χ3v) is 3.69. The summed E-state index contributed by atoms with van der Waals surface area (Å²) < 4.78 is 19.3. The number of ether oxygens (including phenoxy) is 1. The van der Waals surface area contributed by atoms with E-state index in [0.29, 0.717) is 29.7 Å². The fourth-order valence-electron chi connectivity index (χ4n) is 1.96. The van der Waals surface area contributed by atoms with Gasteiger partial charge in [-0.25, -0.2) is 4.39 Å². The van der Waals surface area contributed by atoms with Crippen LogP contribution in [-0.2, 0) is 4.74 Å². The van der Waals surface area contributed by atoms with Crippen LogP contribution in [0.25, 0.3) is 0 Å². The zero-order valence-corrected chi connectivity index (χ0v) is 11.7. The molecule has 1 heterocycles. The Hall–Kier alpha value is -0.940. The maximum atomic E-state index is 13.4. The van der Waals surface area contributed by atoms with E-state index in [1.54, 1.807) is 17.0 Å². The predicted molar refractivity (Wildman–Crippen MR) is 70.0 cm³/mol. The van der Waals surface area contributed by atoms with E-state index in [4.69, 9.17) is 4.74 Å². The molecule has 5 heteroatoms. The monoisotopic (exact) mass is 315 g/mol. The second-order valence-electron chi connectivity index (χ2n) is 4.28. The lowest BCUT2D eigenvalue weighted by Crippen LogP contribution is -2.45. The summed E-state index contributed by atoms with van der Waals surface area (Å²) in [6.45, 7) is 3.71. The first-order chi connectivity index (χ1) is 8.61. The summed E-state index contributed by atoms with van der Waals surface area (Å²) in [5.41, 5.74) is 0.382. The highest BCUT2D eigenvalue weighted by molar-refractivity contribution is 9.10. The molecule has 0 N–H and O–H groups in total. The van der Waals surface area contributed by atoms with Crippen molar-refractivity contribution in [3.8, 4) is 0 Å². The van der Waals surface area contributed by atoms with Crippen LogP contribution in [0.2, 0.25) is 0 Å². The molecule has 1 atom stereocenters. The Kier molecular flexibility index (Phi) is 4.35. The van der Waals surface area contributed by atoms with Gasteiger partial charge in [-0.05, 0) is 40.5 Å². The molecule has 1 fully saturated rings. The molecule has 1 aliphatic rings. The molecular formula is C13H15BrFNO2. The fourth-order valence-corrected chi connectivity index (χ4v) is 2.21. The van der Waals surface area contributed by atoms with Crippen molar-refractivity contribution in [2.45, 2.75) is 19.4 Å². The molecule has 18 heavy (non-hydrogen) atoms. The van der Waals surface area contributed by atoms with Gasteiger partial charge in [0.25, 0.3) is 5.91 Å². The van der Waals surface area contributed by atoms with Crippen LogP contribution in [0.1, 0.15) is 23.7 Å². The summed E-state index contributed by atoms with van der Waals surface area (Å²) in [4.78, 5) is 13.9. The Morgan fingerprint density at radius 1 is 1.61 bits per heavy atom. The first kappa shape index (κ1) is 13.5. The number of carbonyl (C=O) groups excluding carboxylic acids is 1. The molecule has 0 aromatic heterocycles. The highest BCUT2D eigenvalue weighted by Gasteiger charge is 2.24. The topological polar surface area (TPSA) is 29.5 Å². The SMILES string of the molecule is CCC1CN(C(=O)c2ccc(Br)c(F)c2)CCO1. The van der Waals surface area contributed by atoms with Gasteiger partial charge in [0.15, 0.2) is 0 Å². The number of nitrogens with zero attached hydrogens (tertiary/aromatic N) is 1. The van der Waals surface area contributed by atoms with Crippen LogP contribution < -0.4 is 0 Å². The first-order valence-electron chi connectivity index (χ1n) is 5.97. The van der Waals surface area contributed by atoms with Crippen LogP contribution in [0.5, 0.6) is 0 Å². The Balaban J connectivity index is 2.12. The summed E-state index contributed by atoms with van der Waals surface area (Å²) in [5.74, 6) is -0.552. The minimum Gasteiger partial charge on any atom is -0.375 e. The van der Waals surface area contributed by atoms with Gasteiger partial charge in [-0.15, -0.1) is 0 Å².